The Morgan fingerprint density at radius 1 is 1.43 bits per heavy atom. The molecular weight excluding hydrogens is 288 g/mol. The van der Waals surface area contributed by atoms with E-state index in [2.05, 4.69) is 23.8 Å². The number of aromatic carboxylic acids is 1. The summed E-state index contributed by atoms with van der Waals surface area (Å²) in [7, 11) is 2.17. The molecule has 1 unspecified atom stereocenters. The van der Waals surface area contributed by atoms with Crippen molar-refractivity contribution in [2.24, 2.45) is 0 Å². The number of hydrogen-bond acceptors (Lipinski definition) is 3. The summed E-state index contributed by atoms with van der Waals surface area (Å²) in [5, 5.41) is 9.54. The number of carboxylic acid groups (broad SMARTS) is 1. The van der Waals surface area contributed by atoms with Gasteiger partial charge in [0.2, 0.25) is 0 Å². The van der Waals surface area contributed by atoms with Gasteiger partial charge < -0.3 is 10.0 Å². The van der Waals surface area contributed by atoms with Crippen molar-refractivity contribution in [2.45, 2.75) is 32.4 Å². The molecule has 116 valence electrons. The summed E-state index contributed by atoms with van der Waals surface area (Å²) in [6, 6.07) is 5.54. The van der Waals surface area contributed by atoms with Gasteiger partial charge in [0.15, 0.2) is 0 Å². The van der Waals surface area contributed by atoms with Crippen molar-refractivity contribution >= 4 is 17.6 Å². The lowest BCUT2D eigenvalue weighted by Gasteiger charge is -2.30. The molecular formula is C16H23ClN2O2. The molecule has 4 nitrogen and oxygen atoms in total. The zero-order valence-electron chi connectivity index (χ0n) is 12.7. The zero-order valence-corrected chi connectivity index (χ0v) is 13.4. The van der Waals surface area contributed by atoms with Crippen LogP contribution in [0, 0.1) is 0 Å². The second-order valence-electron chi connectivity index (χ2n) is 5.76. The minimum atomic E-state index is -0.939. The van der Waals surface area contributed by atoms with E-state index in [1.165, 1.54) is 0 Å². The maximum absolute atomic E-state index is 11.0. The largest absolute Gasteiger partial charge is 0.478 e. The zero-order chi connectivity index (χ0) is 15.4. The third-order valence-electron chi connectivity index (χ3n) is 4.17. The summed E-state index contributed by atoms with van der Waals surface area (Å²) in [4.78, 5) is 15.8. The van der Waals surface area contributed by atoms with Gasteiger partial charge in [0.1, 0.15) is 0 Å². The number of likely N-dealkylation sites (N-methyl/N-ethyl adjacent to an activating group) is 1. The van der Waals surface area contributed by atoms with E-state index in [0.717, 1.165) is 44.6 Å². The first-order valence-corrected chi connectivity index (χ1v) is 7.83. The Morgan fingerprint density at radius 3 is 2.81 bits per heavy atom. The van der Waals surface area contributed by atoms with E-state index >= 15 is 0 Å². The fraction of sp³-hybridized carbons (Fsp3) is 0.562. The van der Waals surface area contributed by atoms with Crippen LogP contribution in [0.25, 0.3) is 0 Å². The van der Waals surface area contributed by atoms with E-state index in [1.807, 2.05) is 6.07 Å². The lowest BCUT2D eigenvalue weighted by Crippen LogP contribution is -2.39. The highest BCUT2D eigenvalue weighted by Gasteiger charge is 2.22. The van der Waals surface area contributed by atoms with Crippen LogP contribution in [-0.4, -0.2) is 53.6 Å². The molecule has 1 N–H and O–H groups in total. The summed E-state index contributed by atoms with van der Waals surface area (Å²) in [6.07, 6.45) is 2.26. The highest BCUT2D eigenvalue weighted by atomic mass is 35.5. The molecule has 0 saturated carbocycles. The van der Waals surface area contributed by atoms with E-state index in [9.17, 15) is 4.79 Å². The summed E-state index contributed by atoms with van der Waals surface area (Å²) in [5.41, 5.74) is 1.25. The average Bonchev–Trinajstić information content (AvgIpc) is 2.62. The predicted molar refractivity (Wildman–Crippen MR) is 85.0 cm³/mol. The van der Waals surface area contributed by atoms with Crippen molar-refractivity contribution in [3.05, 3.63) is 34.3 Å². The van der Waals surface area contributed by atoms with Crippen LogP contribution in [-0.2, 0) is 6.54 Å². The Hall–Kier alpha value is -1.10. The third kappa shape index (κ3) is 4.19. The van der Waals surface area contributed by atoms with Crippen LogP contribution in [0.4, 0.5) is 0 Å². The summed E-state index contributed by atoms with van der Waals surface area (Å²) >= 11 is 6.25. The topological polar surface area (TPSA) is 43.8 Å². The van der Waals surface area contributed by atoms with Crippen LogP contribution in [0.5, 0.6) is 0 Å². The normalized spacial score (nSPS) is 21.2. The highest BCUT2D eigenvalue weighted by molar-refractivity contribution is 6.31. The lowest BCUT2D eigenvalue weighted by molar-refractivity contribution is 0.0697. The Bertz CT molecular complexity index is 507. The van der Waals surface area contributed by atoms with E-state index in [4.69, 9.17) is 16.7 Å². The third-order valence-corrected chi connectivity index (χ3v) is 4.52. The quantitative estimate of drug-likeness (QED) is 0.928. The fourth-order valence-corrected chi connectivity index (χ4v) is 3.16. The van der Waals surface area contributed by atoms with Crippen LogP contribution < -0.4 is 0 Å². The molecule has 1 heterocycles. The standard InChI is InChI=1S/C16H23ClN2O2/c1-3-14-11-18(2)7-4-8-19(14)10-13-6-5-12(16(20)21)9-15(13)17/h5-6,9,14H,3-4,7-8,10-11H2,1-2H3,(H,20,21). The molecule has 0 bridgehead atoms. The summed E-state index contributed by atoms with van der Waals surface area (Å²) in [6.45, 7) is 6.25. The van der Waals surface area contributed by atoms with Gasteiger partial charge in [-0.05, 0) is 44.1 Å². The average molecular weight is 311 g/mol. The lowest BCUT2D eigenvalue weighted by atomic mass is 10.1. The Balaban J connectivity index is 2.14. The Kier molecular flexibility index (Phi) is 5.62. The van der Waals surface area contributed by atoms with Crippen molar-refractivity contribution in [3.63, 3.8) is 0 Å². The molecule has 0 radical (unpaired) electrons. The van der Waals surface area contributed by atoms with E-state index in [-0.39, 0.29) is 5.56 Å². The fourth-order valence-electron chi connectivity index (χ4n) is 2.92. The maximum atomic E-state index is 11.0. The maximum Gasteiger partial charge on any atom is 0.335 e. The highest BCUT2D eigenvalue weighted by Crippen LogP contribution is 2.22. The van der Waals surface area contributed by atoms with Gasteiger partial charge in [-0.25, -0.2) is 4.79 Å². The van der Waals surface area contributed by atoms with E-state index < -0.39 is 5.97 Å². The van der Waals surface area contributed by atoms with E-state index in [1.54, 1.807) is 12.1 Å². The molecule has 2 rings (SSSR count). The molecule has 1 fully saturated rings. The molecule has 1 aromatic carbocycles. The van der Waals surface area contributed by atoms with Crippen LogP contribution in [0.2, 0.25) is 5.02 Å². The molecule has 0 aliphatic carbocycles. The van der Waals surface area contributed by atoms with Crippen LogP contribution >= 0.6 is 11.6 Å². The summed E-state index contributed by atoms with van der Waals surface area (Å²) in [5.74, 6) is -0.939. The van der Waals surface area contributed by atoms with Crippen LogP contribution in [0.3, 0.4) is 0 Å². The van der Waals surface area contributed by atoms with Gasteiger partial charge in [0.05, 0.1) is 5.56 Å². The first-order valence-electron chi connectivity index (χ1n) is 7.45. The molecule has 1 aliphatic heterocycles. The number of hydrogen-bond donors (Lipinski definition) is 1. The molecule has 21 heavy (non-hydrogen) atoms. The van der Waals surface area contributed by atoms with Crippen molar-refractivity contribution in [2.75, 3.05) is 26.7 Å². The second kappa shape index (κ2) is 7.25. The van der Waals surface area contributed by atoms with Crippen molar-refractivity contribution in [1.29, 1.82) is 0 Å². The van der Waals surface area contributed by atoms with Gasteiger partial charge in [-0.3, -0.25) is 4.90 Å². The van der Waals surface area contributed by atoms with Crippen LogP contribution in [0.15, 0.2) is 18.2 Å². The number of nitrogens with zero attached hydrogens (tertiary/aromatic N) is 2. The molecule has 0 spiro atoms. The molecule has 0 aromatic heterocycles. The molecule has 0 amide bonds. The molecule has 1 saturated heterocycles. The molecule has 1 atom stereocenters. The van der Waals surface area contributed by atoms with E-state index in [0.29, 0.717) is 11.1 Å². The minimum absolute atomic E-state index is 0.242. The minimum Gasteiger partial charge on any atom is -0.478 e. The van der Waals surface area contributed by atoms with Gasteiger partial charge in [-0.1, -0.05) is 24.6 Å². The number of rotatable bonds is 4. The summed E-state index contributed by atoms with van der Waals surface area (Å²) < 4.78 is 0. The van der Waals surface area contributed by atoms with Crippen LogP contribution in [0.1, 0.15) is 35.7 Å². The molecule has 5 heteroatoms. The number of carboxylic acids is 1. The van der Waals surface area contributed by atoms with Crippen molar-refractivity contribution < 1.29 is 9.90 Å². The predicted octanol–water partition coefficient (Wildman–Crippen LogP) is 2.95. The number of carbonyl (C=O) groups is 1. The van der Waals surface area contributed by atoms with Gasteiger partial charge >= 0.3 is 5.97 Å². The van der Waals surface area contributed by atoms with Crippen molar-refractivity contribution in [1.82, 2.24) is 9.80 Å². The monoisotopic (exact) mass is 310 g/mol. The Morgan fingerprint density at radius 2 is 2.19 bits per heavy atom. The second-order valence-corrected chi connectivity index (χ2v) is 6.17. The van der Waals surface area contributed by atoms with Gasteiger partial charge in [-0.2, -0.15) is 0 Å². The number of halogens is 1. The molecule has 1 aliphatic rings. The van der Waals surface area contributed by atoms with Crippen molar-refractivity contribution in [3.8, 4) is 0 Å². The number of benzene rings is 1. The Labute approximate surface area is 131 Å². The molecule has 1 aromatic rings. The van der Waals surface area contributed by atoms with Gasteiger partial charge in [0.25, 0.3) is 0 Å². The van der Waals surface area contributed by atoms with Gasteiger partial charge in [0, 0.05) is 30.7 Å². The SMILES string of the molecule is CCC1CN(C)CCCN1Cc1ccc(C(=O)O)cc1Cl. The smallest absolute Gasteiger partial charge is 0.335 e. The first-order chi connectivity index (χ1) is 10.0. The first kappa shape index (κ1) is 16.3. The van der Waals surface area contributed by atoms with Gasteiger partial charge in [-0.15, -0.1) is 0 Å².